The van der Waals surface area contributed by atoms with Crippen LogP contribution in [0.2, 0.25) is 0 Å². The van der Waals surface area contributed by atoms with Gasteiger partial charge in [-0.05, 0) is 67.6 Å². The van der Waals surface area contributed by atoms with Crippen LogP contribution in [0.5, 0.6) is 0 Å². The lowest BCUT2D eigenvalue weighted by atomic mass is 9.90. The van der Waals surface area contributed by atoms with Crippen molar-refractivity contribution in [1.29, 1.82) is 0 Å². The predicted molar refractivity (Wildman–Crippen MR) is 107 cm³/mol. The number of aromatic carboxylic acids is 1. The summed E-state index contributed by atoms with van der Waals surface area (Å²) >= 11 is 0. The summed E-state index contributed by atoms with van der Waals surface area (Å²) in [5, 5.41) is 9.06. The molecule has 0 bridgehead atoms. The Morgan fingerprint density at radius 1 is 1.21 bits per heavy atom. The van der Waals surface area contributed by atoms with Gasteiger partial charge in [0.2, 0.25) is 0 Å². The van der Waals surface area contributed by atoms with E-state index in [1.165, 1.54) is 0 Å². The molecule has 1 N–H and O–H groups in total. The Morgan fingerprint density at radius 2 is 2.00 bits per heavy atom. The largest absolute Gasteiger partial charge is 0.478 e. The van der Waals surface area contributed by atoms with Gasteiger partial charge in [-0.25, -0.2) is 9.78 Å². The van der Waals surface area contributed by atoms with Crippen molar-refractivity contribution in [2.75, 3.05) is 13.1 Å². The number of fused-ring (bicyclic) bond motifs is 1. The van der Waals surface area contributed by atoms with Crippen molar-refractivity contribution < 1.29 is 9.90 Å². The number of benzene rings is 1. The molecule has 2 aromatic heterocycles. The molecular weight excluding hydrogens is 354 g/mol. The second-order valence-electron chi connectivity index (χ2n) is 7.52. The van der Waals surface area contributed by atoms with Crippen LogP contribution in [0.1, 0.15) is 45.9 Å². The molecule has 1 aromatic carbocycles. The Morgan fingerprint density at radius 3 is 2.75 bits per heavy atom. The maximum Gasteiger partial charge on any atom is 0.335 e. The molecule has 0 amide bonds. The van der Waals surface area contributed by atoms with Crippen LogP contribution in [0, 0.1) is 6.92 Å². The lowest BCUT2D eigenvalue weighted by molar-refractivity contribution is 0.0697. The third-order valence-corrected chi connectivity index (χ3v) is 5.40. The number of hydrogen-bond donors (Lipinski definition) is 1. The van der Waals surface area contributed by atoms with Crippen LogP contribution in [0.15, 0.2) is 53.5 Å². The SMILES string of the molecule is Cc1ccn2c(=O)cc(CN3CCCC(c4ccc(C(=O)O)cc4)C3)nc2c1. The fourth-order valence-corrected chi connectivity index (χ4v) is 3.93. The first-order valence-corrected chi connectivity index (χ1v) is 9.54. The molecular formula is C22H23N3O3. The minimum Gasteiger partial charge on any atom is -0.478 e. The summed E-state index contributed by atoms with van der Waals surface area (Å²) in [5.41, 5.74) is 3.96. The second-order valence-corrected chi connectivity index (χ2v) is 7.52. The number of carboxylic acids is 1. The number of hydrogen-bond acceptors (Lipinski definition) is 4. The molecule has 0 aliphatic carbocycles. The monoisotopic (exact) mass is 377 g/mol. The molecule has 3 heterocycles. The number of aryl methyl sites for hydroxylation is 1. The van der Waals surface area contributed by atoms with Crippen LogP contribution in [0.25, 0.3) is 5.65 Å². The van der Waals surface area contributed by atoms with Crippen molar-refractivity contribution in [3.8, 4) is 0 Å². The number of rotatable bonds is 4. The van der Waals surface area contributed by atoms with E-state index in [1.54, 1.807) is 28.8 Å². The van der Waals surface area contributed by atoms with Gasteiger partial charge in [-0.3, -0.25) is 14.1 Å². The highest BCUT2D eigenvalue weighted by Crippen LogP contribution is 2.27. The van der Waals surface area contributed by atoms with Crippen molar-refractivity contribution >= 4 is 11.6 Å². The number of nitrogens with zero attached hydrogens (tertiary/aromatic N) is 3. The molecule has 4 rings (SSSR count). The summed E-state index contributed by atoms with van der Waals surface area (Å²) in [7, 11) is 0. The van der Waals surface area contributed by atoms with E-state index in [4.69, 9.17) is 5.11 Å². The fourth-order valence-electron chi connectivity index (χ4n) is 3.93. The van der Waals surface area contributed by atoms with Crippen LogP contribution < -0.4 is 5.56 Å². The molecule has 1 aliphatic rings. The summed E-state index contributed by atoms with van der Waals surface area (Å²) in [4.78, 5) is 30.4. The molecule has 0 saturated carbocycles. The molecule has 3 aromatic rings. The second kappa shape index (κ2) is 7.56. The fraction of sp³-hybridized carbons (Fsp3) is 0.318. The summed E-state index contributed by atoms with van der Waals surface area (Å²) in [5.74, 6) is -0.541. The van der Waals surface area contributed by atoms with E-state index in [1.807, 2.05) is 31.2 Å². The van der Waals surface area contributed by atoms with Crippen molar-refractivity contribution in [3.05, 3.63) is 81.4 Å². The number of aromatic nitrogens is 2. The van der Waals surface area contributed by atoms with Gasteiger partial charge in [0.1, 0.15) is 5.65 Å². The Bertz CT molecular complexity index is 1070. The highest BCUT2D eigenvalue weighted by atomic mass is 16.4. The van der Waals surface area contributed by atoms with E-state index in [0.29, 0.717) is 23.7 Å². The zero-order valence-electron chi connectivity index (χ0n) is 15.8. The third kappa shape index (κ3) is 3.82. The van der Waals surface area contributed by atoms with Crippen molar-refractivity contribution in [1.82, 2.24) is 14.3 Å². The zero-order chi connectivity index (χ0) is 19.7. The number of carboxylic acid groups (broad SMARTS) is 1. The number of pyridine rings is 1. The lowest BCUT2D eigenvalue weighted by Gasteiger charge is -2.32. The minimum absolute atomic E-state index is 0.0576. The predicted octanol–water partition coefficient (Wildman–Crippen LogP) is 3.08. The van der Waals surface area contributed by atoms with E-state index in [0.717, 1.165) is 42.8 Å². The van der Waals surface area contributed by atoms with Gasteiger partial charge in [-0.2, -0.15) is 0 Å². The molecule has 28 heavy (non-hydrogen) atoms. The molecule has 0 radical (unpaired) electrons. The Hall–Kier alpha value is -2.99. The van der Waals surface area contributed by atoms with Gasteiger partial charge in [0.05, 0.1) is 11.3 Å². The number of carbonyl (C=O) groups is 1. The summed E-state index contributed by atoms with van der Waals surface area (Å²) in [6, 6.07) is 12.6. The molecule has 144 valence electrons. The van der Waals surface area contributed by atoms with Gasteiger partial charge in [0.15, 0.2) is 0 Å². The van der Waals surface area contributed by atoms with Gasteiger partial charge in [-0.15, -0.1) is 0 Å². The first-order valence-electron chi connectivity index (χ1n) is 9.54. The highest BCUT2D eigenvalue weighted by Gasteiger charge is 2.22. The maximum atomic E-state index is 12.4. The molecule has 0 spiro atoms. The van der Waals surface area contributed by atoms with Gasteiger partial charge >= 0.3 is 5.97 Å². The third-order valence-electron chi connectivity index (χ3n) is 5.40. The highest BCUT2D eigenvalue weighted by molar-refractivity contribution is 5.87. The van der Waals surface area contributed by atoms with Gasteiger partial charge < -0.3 is 5.11 Å². The number of piperidine rings is 1. The van der Waals surface area contributed by atoms with Crippen LogP contribution in [0.3, 0.4) is 0 Å². The lowest BCUT2D eigenvalue weighted by Crippen LogP contribution is -2.34. The first-order chi connectivity index (χ1) is 13.5. The van der Waals surface area contributed by atoms with E-state index in [9.17, 15) is 9.59 Å². The smallest absolute Gasteiger partial charge is 0.335 e. The minimum atomic E-state index is -0.902. The molecule has 6 nitrogen and oxygen atoms in total. The molecule has 6 heteroatoms. The van der Waals surface area contributed by atoms with E-state index in [2.05, 4.69) is 9.88 Å². The maximum absolute atomic E-state index is 12.4. The Labute approximate surface area is 163 Å². The Balaban J connectivity index is 1.51. The van der Waals surface area contributed by atoms with Gasteiger partial charge in [0, 0.05) is 25.4 Å². The Kier molecular flexibility index (Phi) is 4.96. The summed E-state index contributed by atoms with van der Waals surface area (Å²) < 4.78 is 1.57. The average Bonchev–Trinajstić information content (AvgIpc) is 2.68. The van der Waals surface area contributed by atoms with Crippen LogP contribution in [-0.2, 0) is 6.54 Å². The van der Waals surface area contributed by atoms with Crippen LogP contribution in [0.4, 0.5) is 0 Å². The molecule has 1 aliphatic heterocycles. The molecule has 1 saturated heterocycles. The molecule has 1 fully saturated rings. The van der Waals surface area contributed by atoms with Crippen molar-refractivity contribution in [2.24, 2.45) is 0 Å². The van der Waals surface area contributed by atoms with Gasteiger partial charge in [-0.1, -0.05) is 12.1 Å². The quantitative estimate of drug-likeness (QED) is 0.756. The molecule has 1 atom stereocenters. The van der Waals surface area contributed by atoms with Crippen LogP contribution >= 0.6 is 0 Å². The van der Waals surface area contributed by atoms with E-state index < -0.39 is 5.97 Å². The number of likely N-dealkylation sites (tertiary alicyclic amines) is 1. The average molecular weight is 377 g/mol. The zero-order valence-corrected chi connectivity index (χ0v) is 15.8. The normalized spacial score (nSPS) is 17.7. The molecule has 1 unspecified atom stereocenters. The summed E-state index contributed by atoms with van der Waals surface area (Å²) in [6.45, 7) is 4.48. The standard InChI is InChI=1S/C22H23N3O3/c1-15-8-10-25-20(11-15)23-19(12-21(25)26)14-24-9-2-3-18(13-24)16-4-6-17(7-5-16)22(27)28/h4-8,10-12,18H,2-3,9,13-14H2,1H3,(H,27,28). The van der Waals surface area contributed by atoms with Crippen molar-refractivity contribution in [3.63, 3.8) is 0 Å². The first kappa shape index (κ1) is 18.4. The van der Waals surface area contributed by atoms with Crippen molar-refractivity contribution in [2.45, 2.75) is 32.2 Å². The van der Waals surface area contributed by atoms with E-state index >= 15 is 0 Å². The van der Waals surface area contributed by atoms with E-state index in [-0.39, 0.29) is 5.56 Å². The van der Waals surface area contributed by atoms with Crippen LogP contribution in [-0.4, -0.2) is 38.4 Å². The van der Waals surface area contributed by atoms with Gasteiger partial charge in [0.25, 0.3) is 5.56 Å². The summed E-state index contributed by atoms with van der Waals surface area (Å²) in [6.07, 6.45) is 3.91. The topological polar surface area (TPSA) is 74.9 Å².